The first-order valence-corrected chi connectivity index (χ1v) is 6.74. The van der Waals surface area contributed by atoms with Crippen LogP contribution in [0.15, 0.2) is 0 Å². The van der Waals surface area contributed by atoms with Crippen LogP contribution in [0.3, 0.4) is 0 Å². The maximum absolute atomic E-state index is 11.9. The zero-order valence-electron chi connectivity index (χ0n) is 10.9. The Bertz CT molecular complexity index is 269. The molecule has 4 heteroatoms. The Labute approximate surface area is 103 Å². The molecular formula is C13H24N2O2. The maximum Gasteiger partial charge on any atom is 0.220 e. The standard InChI is InChI=1S/C13H24N2O2/c1-3-17-11-6-10(7-11)8-12(16)15-13(2)4-5-14-9-13/h10-11,14H,3-9H2,1-2H3,(H,15,16). The molecule has 2 rings (SSSR count). The third kappa shape index (κ3) is 3.42. The summed E-state index contributed by atoms with van der Waals surface area (Å²) in [5.41, 5.74) is -0.0276. The summed E-state index contributed by atoms with van der Waals surface area (Å²) in [7, 11) is 0. The molecule has 1 aliphatic carbocycles. The van der Waals surface area contributed by atoms with Gasteiger partial charge in [0.2, 0.25) is 5.91 Å². The highest BCUT2D eigenvalue weighted by Gasteiger charge is 2.34. The van der Waals surface area contributed by atoms with Crippen LogP contribution < -0.4 is 10.6 Å². The summed E-state index contributed by atoms with van der Waals surface area (Å²) < 4.78 is 5.50. The van der Waals surface area contributed by atoms with Gasteiger partial charge in [-0.25, -0.2) is 0 Å². The van der Waals surface area contributed by atoms with Crippen LogP contribution in [0.4, 0.5) is 0 Å². The van der Waals surface area contributed by atoms with Crippen LogP contribution in [-0.4, -0.2) is 37.2 Å². The Hall–Kier alpha value is -0.610. The fourth-order valence-electron chi connectivity index (χ4n) is 2.79. The van der Waals surface area contributed by atoms with Crippen molar-refractivity contribution < 1.29 is 9.53 Å². The molecule has 2 aliphatic rings. The minimum atomic E-state index is -0.0276. The Balaban J connectivity index is 1.65. The summed E-state index contributed by atoms with van der Waals surface area (Å²) in [5.74, 6) is 0.737. The van der Waals surface area contributed by atoms with Gasteiger partial charge in [-0.2, -0.15) is 0 Å². The van der Waals surface area contributed by atoms with E-state index in [1.54, 1.807) is 0 Å². The number of carbonyl (C=O) groups is 1. The second-order valence-electron chi connectivity index (χ2n) is 5.65. The van der Waals surface area contributed by atoms with Crippen molar-refractivity contribution in [3.8, 4) is 0 Å². The van der Waals surface area contributed by atoms with Crippen LogP contribution in [0.2, 0.25) is 0 Å². The first kappa shape index (κ1) is 12.8. The largest absolute Gasteiger partial charge is 0.378 e. The van der Waals surface area contributed by atoms with Gasteiger partial charge in [0, 0.05) is 19.6 Å². The van der Waals surface area contributed by atoms with E-state index < -0.39 is 0 Å². The number of nitrogens with one attached hydrogen (secondary N) is 2. The summed E-state index contributed by atoms with van der Waals surface area (Å²) in [5, 5.41) is 6.45. The number of ether oxygens (including phenoxy) is 1. The molecule has 1 atom stereocenters. The summed E-state index contributed by atoms with van der Waals surface area (Å²) in [4.78, 5) is 11.9. The van der Waals surface area contributed by atoms with E-state index in [-0.39, 0.29) is 11.4 Å². The minimum absolute atomic E-state index is 0.0276. The highest BCUT2D eigenvalue weighted by atomic mass is 16.5. The average molecular weight is 240 g/mol. The summed E-state index contributed by atoms with van der Waals surface area (Å²) >= 11 is 0. The van der Waals surface area contributed by atoms with E-state index >= 15 is 0 Å². The van der Waals surface area contributed by atoms with E-state index in [0.29, 0.717) is 18.4 Å². The van der Waals surface area contributed by atoms with Gasteiger partial charge >= 0.3 is 0 Å². The van der Waals surface area contributed by atoms with Crippen molar-refractivity contribution in [3.05, 3.63) is 0 Å². The summed E-state index contributed by atoms with van der Waals surface area (Å²) in [6.45, 7) is 6.83. The van der Waals surface area contributed by atoms with Gasteiger partial charge in [-0.05, 0) is 45.6 Å². The smallest absolute Gasteiger partial charge is 0.220 e. The van der Waals surface area contributed by atoms with Gasteiger partial charge in [-0.15, -0.1) is 0 Å². The van der Waals surface area contributed by atoms with Crippen LogP contribution in [-0.2, 0) is 9.53 Å². The number of hydrogen-bond donors (Lipinski definition) is 2. The molecule has 0 aromatic rings. The second-order valence-corrected chi connectivity index (χ2v) is 5.65. The lowest BCUT2D eigenvalue weighted by Crippen LogP contribution is -2.48. The molecule has 0 aromatic carbocycles. The third-order valence-corrected chi connectivity index (χ3v) is 3.88. The van der Waals surface area contributed by atoms with Crippen LogP contribution >= 0.6 is 0 Å². The normalized spacial score (nSPS) is 36.6. The van der Waals surface area contributed by atoms with Crippen molar-refractivity contribution in [1.82, 2.24) is 10.6 Å². The molecule has 1 unspecified atom stereocenters. The molecule has 0 radical (unpaired) electrons. The van der Waals surface area contributed by atoms with Crippen LogP contribution in [0.5, 0.6) is 0 Å². The molecular weight excluding hydrogens is 216 g/mol. The first-order valence-electron chi connectivity index (χ1n) is 6.74. The monoisotopic (exact) mass is 240 g/mol. The molecule has 1 saturated carbocycles. The van der Waals surface area contributed by atoms with Crippen molar-refractivity contribution in [1.29, 1.82) is 0 Å². The quantitative estimate of drug-likeness (QED) is 0.755. The predicted octanol–water partition coefficient (Wildman–Crippen LogP) is 1.06. The minimum Gasteiger partial charge on any atom is -0.378 e. The molecule has 2 N–H and O–H groups in total. The molecule has 0 spiro atoms. The number of amides is 1. The topological polar surface area (TPSA) is 50.4 Å². The van der Waals surface area contributed by atoms with Crippen molar-refractivity contribution in [2.24, 2.45) is 5.92 Å². The zero-order valence-corrected chi connectivity index (χ0v) is 10.9. The molecule has 1 amide bonds. The molecule has 0 aromatic heterocycles. The van der Waals surface area contributed by atoms with Gasteiger partial charge in [0.25, 0.3) is 0 Å². The predicted molar refractivity (Wildman–Crippen MR) is 66.8 cm³/mol. The molecule has 1 heterocycles. The molecule has 4 nitrogen and oxygen atoms in total. The van der Waals surface area contributed by atoms with Crippen molar-refractivity contribution in [2.45, 2.75) is 51.2 Å². The fourth-order valence-corrected chi connectivity index (χ4v) is 2.79. The average Bonchev–Trinajstić information content (AvgIpc) is 2.61. The Kier molecular flexibility index (Phi) is 4.05. The van der Waals surface area contributed by atoms with Crippen LogP contribution in [0.25, 0.3) is 0 Å². The first-order chi connectivity index (χ1) is 8.11. The SMILES string of the molecule is CCOC1CC(CC(=O)NC2(C)CCNC2)C1. The van der Waals surface area contributed by atoms with Crippen molar-refractivity contribution in [3.63, 3.8) is 0 Å². The van der Waals surface area contributed by atoms with E-state index in [2.05, 4.69) is 17.6 Å². The van der Waals surface area contributed by atoms with E-state index in [9.17, 15) is 4.79 Å². The number of hydrogen-bond acceptors (Lipinski definition) is 3. The zero-order chi connectivity index (χ0) is 12.3. The Morgan fingerprint density at radius 3 is 2.88 bits per heavy atom. The van der Waals surface area contributed by atoms with Gasteiger partial charge in [-0.1, -0.05) is 0 Å². The van der Waals surface area contributed by atoms with Gasteiger partial charge in [-0.3, -0.25) is 4.79 Å². The van der Waals surface area contributed by atoms with Gasteiger partial charge in [0.05, 0.1) is 11.6 Å². The summed E-state index contributed by atoms with van der Waals surface area (Å²) in [6, 6.07) is 0. The molecule has 1 aliphatic heterocycles. The lowest BCUT2D eigenvalue weighted by Gasteiger charge is -2.35. The summed E-state index contributed by atoms with van der Waals surface area (Å²) in [6.07, 6.45) is 4.21. The van der Waals surface area contributed by atoms with E-state index in [1.807, 2.05) is 6.92 Å². The Morgan fingerprint density at radius 2 is 2.29 bits per heavy atom. The third-order valence-electron chi connectivity index (χ3n) is 3.88. The highest BCUT2D eigenvalue weighted by Crippen LogP contribution is 2.32. The Morgan fingerprint density at radius 1 is 1.53 bits per heavy atom. The van der Waals surface area contributed by atoms with E-state index in [1.165, 1.54) is 0 Å². The van der Waals surface area contributed by atoms with Crippen molar-refractivity contribution >= 4 is 5.91 Å². The van der Waals surface area contributed by atoms with Gasteiger partial charge in [0.1, 0.15) is 0 Å². The van der Waals surface area contributed by atoms with Crippen LogP contribution in [0.1, 0.15) is 39.5 Å². The van der Waals surface area contributed by atoms with Crippen molar-refractivity contribution in [2.75, 3.05) is 19.7 Å². The number of rotatable bonds is 5. The molecule has 17 heavy (non-hydrogen) atoms. The number of carbonyl (C=O) groups excluding carboxylic acids is 1. The van der Waals surface area contributed by atoms with Crippen LogP contribution in [0, 0.1) is 5.92 Å². The van der Waals surface area contributed by atoms with E-state index in [4.69, 9.17) is 4.74 Å². The van der Waals surface area contributed by atoms with Gasteiger partial charge in [0.15, 0.2) is 0 Å². The van der Waals surface area contributed by atoms with E-state index in [0.717, 1.165) is 39.0 Å². The highest BCUT2D eigenvalue weighted by molar-refractivity contribution is 5.77. The lowest BCUT2D eigenvalue weighted by atomic mass is 9.79. The molecule has 1 saturated heterocycles. The maximum atomic E-state index is 11.9. The molecule has 98 valence electrons. The lowest BCUT2D eigenvalue weighted by molar-refractivity contribution is -0.125. The second kappa shape index (κ2) is 5.36. The molecule has 0 bridgehead atoms. The fraction of sp³-hybridized carbons (Fsp3) is 0.923. The van der Waals surface area contributed by atoms with Gasteiger partial charge < -0.3 is 15.4 Å². The molecule has 2 fully saturated rings.